The van der Waals surface area contributed by atoms with Crippen LogP contribution in [0.5, 0.6) is 0 Å². The number of aromatic amines is 1. The highest BCUT2D eigenvalue weighted by Crippen LogP contribution is 2.35. The molecule has 4 rings (SSSR count). The quantitative estimate of drug-likeness (QED) is 0.742. The van der Waals surface area contributed by atoms with E-state index < -0.39 is 0 Å². The molecular weight excluding hydrogens is 326 g/mol. The largest absolute Gasteiger partial charge is 0.359 e. The first-order valence-electron chi connectivity index (χ1n) is 9.23. The summed E-state index contributed by atoms with van der Waals surface area (Å²) in [6.45, 7) is 0. The van der Waals surface area contributed by atoms with E-state index in [9.17, 15) is 9.59 Å². The van der Waals surface area contributed by atoms with E-state index in [4.69, 9.17) is 0 Å². The standard InChI is InChI=1S/C21H23N3O2/c1-22-20(25)11-10-15-13-6-2-4-8-17(13)23-19(15)12-16-14-7-3-5-9-18(14)24-21(16)26/h3,5,7,9,12,23H,2,4,6,8,10-11H2,1H3,(H,22,25)(H,24,26)/b16-12-. The van der Waals surface area contributed by atoms with E-state index >= 15 is 0 Å². The molecule has 134 valence electrons. The number of hydrogen-bond donors (Lipinski definition) is 3. The van der Waals surface area contributed by atoms with Crippen molar-refractivity contribution in [2.75, 3.05) is 12.4 Å². The Labute approximate surface area is 152 Å². The van der Waals surface area contributed by atoms with Gasteiger partial charge in [-0.25, -0.2) is 0 Å². The number of fused-ring (bicyclic) bond motifs is 2. The Morgan fingerprint density at radius 1 is 1.23 bits per heavy atom. The summed E-state index contributed by atoms with van der Waals surface area (Å²) in [6.07, 6.45) is 7.54. The highest BCUT2D eigenvalue weighted by Gasteiger charge is 2.25. The van der Waals surface area contributed by atoms with Crippen LogP contribution in [0, 0.1) is 0 Å². The van der Waals surface area contributed by atoms with Gasteiger partial charge >= 0.3 is 0 Å². The molecule has 0 saturated carbocycles. The van der Waals surface area contributed by atoms with Crippen molar-refractivity contribution in [2.45, 2.75) is 38.5 Å². The molecule has 0 fully saturated rings. The molecule has 2 amide bonds. The lowest BCUT2D eigenvalue weighted by Crippen LogP contribution is -2.18. The minimum Gasteiger partial charge on any atom is -0.359 e. The monoisotopic (exact) mass is 349 g/mol. The molecule has 5 nitrogen and oxygen atoms in total. The molecule has 1 aliphatic carbocycles. The minimum atomic E-state index is -0.0731. The fourth-order valence-electron chi connectivity index (χ4n) is 3.98. The summed E-state index contributed by atoms with van der Waals surface area (Å²) in [6, 6.07) is 7.75. The minimum absolute atomic E-state index is 0.0401. The number of amides is 2. The number of hydrogen-bond acceptors (Lipinski definition) is 2. The van der Waals surface area contributed by atoms with E-state index in [1.807, 2.05) is 30.3 Å². The molecule has 0 bridgehead atoms. The summed E-state index contributed by atoms with van der Waals surface area (Å²) in [5, 5.41) is 5.61. The van der Waals surface area contributed by atoms with Crippen molar-refractivity contribution in [3.63, 3.8) is 0 Å². The van der Waals surface area contributed by atoms with Gasteiger partial charge in [-0.2, -0.15) is 0 Å². The highest BCUT2D eigenvalue weighted by atomic mass is 16.2. The van der Waals surface area contributed by atoms with E-state index in [0.29, 0.717) is 18.4 Å². The van der Waals surface area contributed by atoms with E-state index in [2.05, 4.69) is 15.6 Å². The van der Waals surface area contributed by atoms with Crippen LogP contribution in [0.3, 0.4) is 0 Å². The third kappa shape index (κ3) is 2.94. The maximum Gasteiger partial charge on any atom is 0.256 e. The predicted molar refractivity (Wildman–Crippen MR) is 103 cm³/mol. The summed E-state index contributed by atoms with van der Waals surface area (Å²) in [4.78, 5) is 27.7. The number of benzene rings is 1. The van der Waals surface area contributed by atoms with Crippen molar-refractivity contribution in [2.24, 2.45) is 0 Å². The maximum absolute atomic E-state index is 12.4. The van der Waals surface area contributed by atoms with Crippen LogP contribution in [0.4, 0.5) is 5.69 Å². The molecule has 0 unspecified atom stereocenters. The molecule has 1 aromatic heterocycles. The van der Waals surface area contributed by atoms with Crippen LogP contribution < -0.4 is 10.6 Å². The van der Waals surface area contributed by atoms with Crippen molar-refractivity contribution in [3.05, 3.63) is 52.3 Å². The van der Waals surface area contributed by atoms with Gasteiger partial charge in [0.1, 0.15) is 0 Å². The Bertz CT molecular complexity index is 908. The number of aromatic nitrogens is 1. The third-order valence-corrected chi connectivity index (χ3v) is 5.32. The van der Waals surface area contributed by atoms with Crippen LogP contribution in [0.1, 0.15) is 47.3 Å². The number of anilines is 1. The fourth-order valence-corrected chi connectivity index (χ4v) is 3.98. The van der Waals surface area contributed by atoms with Gasteiger partial charge in [-0.05, 0) is 55.4 Å². The molecule has 1 aromatic carbocycles. The van der Waals surface area contributed by atoms with Crippen molar-refractivity contribution in [3.8, 4) is 0 Å². The predicted octanol–water partition coefficient (Wildman–Crippen LogP) is 3.06. The van der Waals surface area contributed by atoms with Gasteiger partial charge in [0, 0.05) is 36.1 Å². The van der Waals surface area contributed by atoms with E-state index in [1.165, 1.54) is 29.7 Å². The van der Waals surface area contributed by atoms with Crippen LogP contribution in [-0.4, -0.2) is 23.8 Å². The van der Waals surface area contributed by atoms with Crippen molar-refractivity contribution < 1.29 is 9.59 Å². The summed E-state index contributed by atoms with van der Waals surface area (Å²) >= 11 is 0. The lowest BCUT2D eigenvalue weighted by Gasteiger charge is -2.12. The zero-order valence-electron chi connectivity index (χ0n) is 14.9. The zero-order chi connectivity index (χ0) is 18.1. The number of nitrogens with one attached hydrogen (secondary N) is 3. The van der Waals surface area contributed by atoms with Gasteiger partial charge in [-0.3, -0.25) is 9.59 Å². The first kappa shape index (κ1) is 16.6. The normalized spacial score (nSPS) is 17.0. The van der Waals surface area contributed by atoms with Crippen molar-refractivity contribution in [1.29, 1.82) is 0 Å². The second-order valence-corrected chi connectivity index (χ2v) is 6.91. The van der Waals surface area contributed by atoms with E-state index in [0.717, 1.165) is 29.8 Å². The summed E-state index contributed by atoms with van der Waals surface area (Å²) < 4.78 is 0. The molecule has 2 aliphatic rings. The topological polar surface area (TPSA) is 74.0 Å². The summed E-state index contributed by atoms with van der Waals surface area (Å²) in [5.41, 5.74) is 7.24. The van der Waals surface area contributed by atoms with Gasteiger partial charge in [0.2, 0.25) is 5.91 Å². The second-order valence-electron chi connectivity index (χ2n) is 6.91. The summed E-state index contributed by atoms with van der Waals surface area (Å²) in [7, 11) is 1.66. The Kier molecular flexibility index (Phi) is 4.37. The molecule has 0 spiro atoms. The SMILES string of the molecule is CNC(=O)CCc1c(/C=C2\C(=O)Nc3ccccc32)[nH]c2c1CCCC2. The van der Waals surface area contributed by atoms with E-state index in [-0.39, 0.29) is 11.8 Å². The Morgan fingerprint density at radius 2 is 2.04 bits per heavy atom. The zero-order valence-corrected chi connectivity index (χ0v) is 14.9. The average Bonchev–Trinajstić information content (AvgIpc) is 3.17. The summed E-state index contributed by atoms with van der Waals surface area (Å²) in [5.74, 6) is -0.0330. The lowest BCUT2D eigenvalue weighted by molar-refractivity contribution is -0.120. The van der Waals surface area contributed by atoms with Gasteiger partial charge in [0.15, 0.2) is 0 Å². The Hall–Kier alpha value is -2.82. The maximum atomic E-state index is 12.4. The number of para-hydroxylation sites is 1. The van der Waals surface area contributed by atoms with E-state index in [1.54, 1.807) is 7.05 Å². The molecule has 0 atom stereocenters. The average molecular weight is 349 g/mol. The van der Waals surface area contributed by atoms with Crippen molar-refractivity contribution >= 4 is 29.2 Å². The Morgan fingerprint density at radius 3 is 2.88 bits per heavy atom. The second kappa shape index (κ2) is 6.83. The molecule has 26 heavy (non-hydrogen) atoms. The number of carbonyl (C=O) groups is 2. The van der Waals surface area contributed by atoms with Gasteiger partial charge in [-0.1, -0.05) is 18.2 Å². The number of carbonyl (C=O) groups excluding carboxylic acids is 2. The lowest BCUT2D eigenvalue weighted by atomic mass is 9.92. The third-order valence-electron chi connectivity index (χ3n) is 5.32. The van der Waals surface area contributed by atoms with Crippen LogP contribution in [0.25, 0.3) is 11.6 Å². The number of aryl methyl sites for hydroxylation is 1. The first-order chi connectivity index (χ1) is 12.7. The van der Waals surface area contributed by atoms with Crippen molar-refractivity contribution in [1.82, 2.24) is 10.3 Å². The molecule has 0 radical (unpaired) electrons. The van der Waals surface area contributed by atoms with Gasteiger partial charge < -0.3 is 15.6 Å². The highest BCUT2D eigenvalue weighted by molar-refractivity contribution is 6.34. The van der Waals surface area contributed by atoms with Crippen LogP contribution in [-0.2, 0) is 28.9 Å². The molecule has 2 aromatic rings. The number of H-pyrrole nitrogens is 1. The van der Waals surface area contributed by atoms with Crippen LogP contribution >= 0.6 is 0 Å². The number of rotatable bonds is 4. The fraction of sp³-hybridized carbons (Fsp3) is 0.333. The molecule has 3 N–H and O–H groups in total. The Balaban J connectivity index is 1.75. The molecule has 1 aliphatic heterocycles. The smallest absolute Gasteiger partial charge is 0.256 e. The molecular formula is C21H23N3O2. The van der Waals surface area contributed by atoms with Crippen LogP contribution in [0.15, 0.2) is 24.3 Å². The molecule has 0 saturated heterocycles. The van der Waals surface area contributed by atoms with Gasteiger partial charge in [-0.15, -0.1) is 0 Å². The first-order valence-corrected chi connectivity index (χ1v) is 9.23. The van der Waals surface area contributed by atoms with Gasteiger partial charge in [0.25, 0.3) is 5.91 Å². The van der Waals surface area contributed by atoms with Gasteiger partial charge in [0.05, 0.1) is 5.57 Å². The molecule has 2 heterocycles. The van der Waals surface area contributed by atoms with Crippen LogP contribution in [0.2, 0.25) is 0 Å². The molecule has 5 heteroatoms.